The lowest BCUT2D eigenvalue weighted by Gasteiger charge is -2.23. The highest BCUT2D eigenvalue weighted by Gasteiger charge is 2.26. The second-order valence-corrected chi connectivity index (χ2v) is 5.92. The van der Waals surface area contributed by atoms with Gasteiger partial charge in [-0.1, -0.05) is 18.2 Å². The summed E-state index contributed by atoms with van der Waals surface area (Å²) in [6.07, 6.45) is 0.815. The number of carboxylic acid groups (broad SMARTS) is 1. The first kappa shape index (κ1) is 14.0. The van der Waals surface area contributed by atoms with Crippen LogP contribution in [-0.2, 0) is 17.8 Å². The first-order valence-corrected chi connectivity index (χ1v) is 7.43. The minimum absolute atomic E-state index is 0.0913. The summed E-state index contributed by atoms with van der Waals surface area (Å²) < 4.78 is 10.8. The van der Waals surface area contributed by atoms with Gasteiger partial charge in [0.1, 0.15) is 15.6 Å². The number of rotatable bonds is 4. The average Bonchev–Trinajstić information content (AvgIpc) is 2.91. The number of thiazole rings is 1. The van der Waals surface area contributed by atoms with E-state index in [9.17, 15) is 9.90 Å². The number of para-hydroxylation sites is 1. The smallest absolute Gasteiger partial charge is 0.347 e. The molecular weight excluding hydrogens is 290 g/mol. The number of fused-ring (bicyclic) bond motifs is 1. The van der Waals surface area contributed by atoms with E-state index in [0.717, 1.165) is 22.7 Å². The van der Waals surface area contributed by atoms with Crippen molar-refractivity contribution in [2.24, 2.45) is 0 Å². The largest absolute Gasteiger partial charge is 0.493 e. The monoisotopic (exact) mass is 305 g/mol. The van der Waals surface area contributed by atoms with Gasteiger partial charge in [-0.15, -0.1) is 11.3 Å². The fourth-order valence-corrected chi connectivity index (χ4v) is 3.43. The number of carbonyl (C=O) groups is 1. The van der Waals surface area contributed by atoms with Crippen LogP contribution in [0.15, 0.2) is 24.3 Å². The van der Waals surface area contributed by atoms with Gasteiger partial charge in [-0.3, -0.25) is 0 Å². The number of aromatic nitrogens is 1. The SMILES string of the molecule is COCc1nc(C2COc3ccccc3C2)sc1C(=O)O. The van der Waals surface area contributed by atoms with Crippen LogP contribution in [0.25, 0.3) is 0 Å². The van der Waals surface area contributed by atoms with Crippen LogP contribution in [0.5, 0.6) is 5.75 Å². The predicted molar refractivity (Wildman–Crippen MR) is 78.2 cm³/mol. The summed E-state index contributed by atoms with van der Waals surface area (Å²) in [5, 5.41) is 10.0. The Kier molecular flexibility index (Phi) is 3.90. The van der Waals surface area contributed by atoms with E-state index in [-0.39, 0.29) is 17.4 Å². The minimum atomic E-state index is -0.956. The molecule has 2 aromatic rings. The Bertz CT molecular complexity index is 667. The summed E-state index contributed by atoms with van der Waals surface area (Å²) in [7, 11) is 1.53. The van der Waals surface area contributed by atoms with Crippen molar-refractivity contribution in [3.63, 3.8) is 0 Å². The first-order chi connectivity index (χ1) is 10.2. The number of ether oxygens (including phenoxy) is 2. The van der Waals surface area contributed by atoms with E-state index in [2.05, 4.69) is 4.98 Å². The maximum atomic E-state index is 11.3. The molecule has 1 unspecified atom stereocenters. The molecule has 1 N–H and O–H groups in total. The predicted octanol–water partition coefficient (Wildman–Crippen LogP) is 2.71. The molecule has 0 spiro atoms. The van der Waals surface area contributed by atoms with Crippen LogP contribution in [0.1, 0.15) is 31.9 Å². The van der Waals surface area contributed by atoms with Crippen molar-refractivity contribution in [2.75, 3.05) is 13.7 Å². The van der Waals surface area contributed by atoms with Crippen molar-refractivity contribution in [3.8, 4) is 5.75 Å². The number of nitrogens with zero attached hydrogens (tertiary/aromatic N) is 1. The number of hydrogen-bond acceptors (Lipinski definition) is 5. The van der Waals surface area contributed by atoms with Crippen LogP contribution < -0.4 is 4.74 Å². The molecule has 0 radical (unpaired) electrons. The molecule has 0 bridgehead atoms. The number of aromatic carboxylic acids is 1. The molecule has 6 heteroatoms. The standard InChI is InChI=1S/C15H15NO4S/c1-19-8-11-13(15(17)18)21-14(16-11)10-6-9-4-2-3-5-12(9)20-7-10/h2-5,10H,6-8H2,1H3,(H,17,18). The van der Waals surface area contributed by atoms with Crippen molar-refractivity contribution in [1.29, 1.82) is 0 Å². The number of methoxy groups -OCH3 is 1. The van der Waals surface area contributed by atoms with Crippen molar-refractivity contribution >= 4 is 17.3 Å². The second-order valence-electron chi connectivity index (χ2n) is 4.89. The molecule has 3 rings (SSSR count). The van der Waals surface area contributed by atoms with Crippen LogP contribution in [-0.4, -0.2) is 29.8 Å². The number of hydrogen-bond donors (Lipinski definition) is 1. The molecule has 1 aliphatic rings. The van der Waals surface area contributed by atoms with Gasteiger partial charge in [-0.05, 0) is 18.1 Å². The molecule has 1 atom stereocenters. The second kappa shape index (κ2) is 5.83. The Morgan fingerprint density at radius 3 is 3.10 bits per heavy atom. The molecule has 1 aliphatic heterocycles. The molecule has 0 aliphatic carbocycles. The van der Waals surface area contributed by atoms with E-state index in [1.165, 1.54) is 18.4 Å². The van der Waals surface area contributed by atoms with Crippen molar-refractivity contribution in [3.05, 3.63) is 45.4 Å². The molecule has 2 heterocycles. The summed E-state index contributed by atoms with van der Waals surface area (Å²) in [6.45, 7) is 0.734. The van der Waals surface area contributed by atoms with Crippen molar-refractivity contribution < 1.29 is 19.4 Å². The molecule has 1 aromatic heterocycles. The van der Waals surface area contributed by atoms with Crippen LogP contribution in [0, 0.1) is 0 Å². The Hall–Kier alpha value is -1.92. The van der Waals surface area contributed by atoms with Gasteiger partial charge >= 0.3 is 5.97 Å². The van der Waals surface area contributed by atoms with E-state index < -0.39 is 5.97 Å². The molecular formula is C15H15NO4S. The normalized spacial score (nSPS) is 17.1. The van der Waals surface area contributed by atoms with Gasteiger partial charge < -0.3 is 14.6 Å². The summed E-state index contributed by atoms with van der Waals surface area (Å²) in [4.78, 5) is 16.0. The van der Waals surface area contributed by atoms with E-state index >= 15 is 0 Å². The minimum Gasteiger partial charge on any atom is -0.493 e. The van der Waals surface area contributed by atoms with Gasteiger partial charge in [0, 0.05) is 13.0 Å². The van der Waals surface area contributed by atoms with Crippen LogP contribution in [0.2, 0.25) is 0 Å². The van der Waals surface area contributed by atoms with Gasteiger partial charge in [0.15, 0.2) is 0 Å². The molecule has 0 saturated heterocycles. The lowest BCUT2D eigenvalue weighted by atomic mass is 9.97. The topological polar surface area (TPSA) is 68.7 Å². The van der Waals surface area contributed by atoms with Gasteiger partial charge in [-0.2, -0.15) is 0 Å². The fourth-order valence-electron chi connectivity index (χ4n) is 2.43. The molecule has 0 amide bonds. The lowest BCUT2D eigenvalue weighted by Crippen LogP contribution is -2.19. The number of benzene rings is 1. The molecule has 0 saturated carbocycles. The Labute approximate surface area is 126 Å². The lowest BCUT2D eigenvalue weighted by molar-refractivity contribution is 0.0697. The Morgan fingerprint density at radius 1 is 1.52 bits per heavy atom. The van der Waals surface area contributed by atoms with Crippen LogP contribution >= 0.6 is 11.3 Å². The molecule has 21 heavy (non-hydrogen) atoms. The first-order valence-electron chi connectivity index (χ1n) is 6.61. The van der Waals surface area contributed by atoms with Crippen LogP contribution in [0.3, 0.4) is 0 Å². The highest BCUT2D eigenvalue weighted by Crippen LogP contribution is 2.35. The maximum absolute atomic E-state index is 11.3. The number of carboxylic acids is 1. The maximum Gasteiger partial charge on any atom is 0.347 e. The van der Waals surface area contributed by atoms with E-state index in [4.69, 9.17) is 9.47 Å². The highest BCUT2D eigenvalue weighted by atomic mass is 32.1. The summed E-state index contributed by atoms with van der Waals surface area (Å²) in [5.41, 5.74) is 1.62. The van der Waals surface area contributed by atoms with E-state index in [0.29, 0.717) is 12.3 Å². The van der Waals surface area contributed by atoms with Gasteiger partial charge in [0.05, 0.1) is 18.9 Å². The molecule has 5 nitrogen and oxygen atoms in total. The fraction of sp³-hybridized carbons (Fsp3) is 0.333. The Balaban J connectivity index is 1.88. The van der Waals surface area contributed by atoms with E-state index in [1.807, 2.05) is 24.3 Å². The third kappa shape index (κ3) is 2.77. The van der Waals surface area contributed by atoms with Gasteiger partial charge in [-0.25, -0.2) is 9.78 Å². The Morgan fingerprint density at radius 2 is 2.33 bits per heavy atom. The van der Waals surface area contributed by atoms with Crippen LogP contribution in [0.4, 0.5) is 0 Å². The zero-order chi connectivity index (χ0) is 14.8. The summed E-state index contributed by atoms with van der Waals surface area (Å²) in [6, 6.07) is 7.91. The quantitative estimate of drug-likeness (QED) is 0.940. The van der Waals surface area contributed by atoms with E-state index in [1.54, 1.807) is 0 Å². The molecule has 0 fully saturated rings. The molecule has 1 aromatic carbocycles. The van der Waals surface area contributed by atoms with Crippen molar-refractivity contribution in [2.45, 2.75) is 18.9 Å². The van der Waals surface area contributed by atoms with Gasteiger partial charge in [0.25, 0.3) is 0 Å². The average molecular weight is 305 g/mol. The highest BCUT2D eigenvalue weighted by molar-refractivity contribution is 7.13. The third-order valence-electron chi connectivity index (χ3n) is 3.42. The third-order valence-corrected chi connectivity index (χ3v) is 4.67. The van der Waals surface area contributed by atoms with Gasteiger partial charge in [0.2, 0.25) is 0 Å². The summed E-state index contributed by atoms with van der Waals surface area (Å²) in [5.74, 6) is 0.0393. The van der Waals surface area contributed by atoms with Crippen molar-refractivity contribution in [1.82, 2.24) is 4.98 Å². The zero-order valence-corrected chi connectivity index (χ0v) is 12.4. The zero-order valence-electron chi connectivity index (χ0n) is 11.5. The summed E-state index contributed by atoms with van der Waals surface area (Å²) >= 11 is 1.22. The molecule has 110 valence electrons.